The Kier molecular flexibility index (Phi) is 6.89. The lowest BCUT2D eigenvalue weighted by atomic mass is 10.1. The van der Waals surface area contributed by atoms with Crippen LogP contribution in [0.25, 0.3) is 0 Å². The van der Waals surface area contributed by atoms with Crippen molar-refractivity contribution in [1.29, 1.82) is 0 Å². The minimum absolute atomic E-state index is 0.0158. The predicted octanol–water partition coefficient (Wildman–Crippen LogP) is 1.98. The van der Waals surface area contributed by atoms with E-state index < -0.39 is 0 Å². The van der Waals surface area contributed by atoms with Gasteiger partial charge in [-0.3, -0.25) is 14.5 Å². The van der Waals surface area contributed by atoms with Crippen LogP contribution >= 0.6 is 0 Å². The van der Waals surface area contributed by atoms with E-state index in [9.17, 15) is 9.59 Å². The number of furan rings is 1. The Balaban J connectivity index is 1.30. The van der Waals surface area contributed by atoms with E-state index in [1.807, 2.05) is 9.80 Å². The summed E-state index contributed by atoms with van der Waals surface area (Å²) >= 11 is 0. The molecule has 4 rings (SSSR count). The average molecular weight is 428 g/mol. The molecule has 2 amide bonds. The lowest BCUT2D eigenvalue weighted by Gasteiger charge is -2.35. The molecule has 1 aromatic heterocycles. The summed E-state index contributed by atoms with van der Waals surface area (Å²) in [5.74, 6) is 1.08. The van der Waals surface area contributed by atoms with Crippen LogP contribution in [0.15, 0.2) is 47.1 Å². The number of benzene rings is 1. The van der Waals surface area contributed by atoms with Gasteiger partial charge in [-0.25, -0.2) is 0 Å². The topological polar surface area (TPSA) is 75.5 Å². The van der Waals surface area contributed by atoms with E-state index in [0.29, 0.717) is 44.1 Å². The van der Waals surface area contributed by atoms with Crippen LogP contribution in [0.2, 0.25) is 0 Å². The Morgan fingerprint density at radius 2 is 1.84 bits per heavy atom. The number of rotatable bonds is 5. The largest absolute Gasteiger partial charge is 0.497 e. The number of hydrogen-bond acceptors (Lipinski definition) is 6. The molecule has 2 aliphatic rings. The van der Waals surface area contributed by atoms with Gasteiger partial charge < -0.3 is 23.7 Å². The zero-order valence-electron chi connectivity index (χ0n) is 17.9. The number of carbonyl (C=O) groups is 2. The van der Waals surface area contributed by atoms with Crippen LogP contribution in [-0.4, -0.2) is 92.1 Å². The van der Waals surface area contributed by atoms with Crippen LogP contribution in [-0.2, 0) is 4.74 Å². The maximum atomic E-state index is 12.9. The first-order valence-electron chi connectivity index (χ1n) is 10.7. The molecule has 0 N–H and O–H groups in total. The lowest BCUT2D eigenvalue weighted by Crippen LogP contribution is -2.50. The van der Waals surface area contributed by atoms with Crippen LogP contribution in [0.5, 0.6) is 5.75 Å². The molecule has 0 spiro atoms. The van der Waals surface area contributed by atoms with Crippen molar-refractivity contribution in [3.63, 3.8) is 0 Å². The van der Waals surface area contributed by atoms with Crippen molar-refractivity contribution in [2.45, 2.75) is 12.5 Å². The summed E-state index contributed by atoms with van der Waals surface area (Å²) in [5, 5.41) is 0. The standard InChI is InChI=1S/C23H29N3O5/c1-29-19-7-5-18(6-8-19)22(27)26-13-15-30-20(17-26)16-24-9-3-10-25(12-11-24)23(28)21-4-2-14-31-21/h2,4-8,14,20H,3,9-13,15-17H2,1H3/t20-/m1/s1. The molecule has 0 bridgehead atoms. The van der Waals surface area contributed by atoms with Gasteiger partial charge in [0.15, 0.2) is 5.76 Å². The number of ether oxygens (including phenoxy) is 2. The Labute approximate surface area is 182 Å². The van der Waals surface area contributed by atoms with Crippen LogP contribution in [0.1, 0.15) is 27.3 Å². The third-order valence-electron chi connectivity index (χ3n) is 5.83. The van der Waals surface area contributed by atoms with E-state index >= 15 is 0 Å². The van der Waals surface area contributed by atoms with Crippen LogP contribution in [0.4, 0.5) is 0 Å². The molecule has 2 aromatic rings. The molecule has 8 heteroatoms. The zero-order chi connectivity index (χ0) is 21.6. The van der Waals surface area contributed by atoms with Crippen molar-refractivity contribution in [3.8, 4) is 5.75 Å². The highest BCUT2D eigenvalue weighted by molar-refractivity contribution is 5.94. The normalized spacial score (nSPS) is 20.4. The van der Waals surface area contributed by atoms with Crippen molar-refractivity contribution in [3.05, 3.63) is 54.0 Å². The van der Waals surface area contributed by atoms with Gasteiger partial charge in [0.1, 0.15) is 5.75 Å². The van der Waals surface area contributed by atoms with Gasteiger partial charge in [0.05, 0.1) is 26.1 Å². The summed E-state index contributed by atoms with van der Waals surface area (Å²) in [6, 6.07) is 10.6. The molecule has 31 heavy (non-hydrogen) atoms. The number of carbonyl (C=O) groups excluding carboxylic acids is 2. The van der Waals surface area contributed by atoms with E-state index in [1.165, 1.54) is 6.26 Å². The van der Waals surface area contributed by atoms with Gasteiger partial charge >= 0.3 is 0 Å². The van der Waals surface area contributed by atoms with Gasteiger partial charge in [-0.15, -0.1) is 0 Å². The number of hydrogen-bond donors (Lipinski definition) is 0. The maximum Gasteiger partial charge on any atom is 0.289 e. The second-order valence-corrected chi connectivity index (χ2v) is 7.90. The first kappa shape index (κ1) is 21.4. The molecule has 0 radical (unpaired) electrons. The summed E-state index contributed by atoms with van der Waals surface area (Å²) in [6.07, 6.45) is 2.38. The first-order chi connectivity index (χ1) is 15.1. The number of nitrogens with zero attached hydrogens (tertiary/aromatic N) is 3. The van der Waals surface area contributed by atoms with Crippen molar-refractivity contribution in [2.75, 3.05) is 59.5 Å². The van der Waals surface area contributed by atoms with Crippen LogP contribution in [0, 0.1) is 0 Å². The van der Waals surface area contributed by atoms with E-state index in [2.05, 4.69) is 4.90 Å². The fourth-order valence-corrected chi connectivity index (χ4v) is 4.13. The van der Waals surface area contributed by atoms with E-state index in [0.717, 1.165) is 31.8 Å². The summed E-state index contributed by atoms with van der Waals surface area (Å²) in [5.41, 5.74) is 0.656. The van der Waals surface area contributed by atoms with Crippen molar-refractivity contribution < 1.29 is 23.5 Å². The minimum Gasteiger partial charge on any atom is -0.497 e. The summed E-state index contributed by atoms with van der Waals surface area (Å²) in [7, 11) is 1.61. The molecule has 2 fully saturated rings. The summed E-state index contributed by atoms with van der Waals surface area (Å²) in [4.78, 5) is 31.5. The summed E-state index contributed by atoms with van der Waals surface area (Å²) in [6.45, 7) is 5.47. The number of morpholine rings is 1. The number of methoxy groups -OCH3 is 1. The van der Waals surface area contributed by atoms with E-state index in [4.69, 9.17) is 13.9 Å². The second kappa shape index (κ2) is 9.98. The van der Waals surface area contributed by atoms with Crippen molar-refractivity contribution in [2.24, 2.45) is 0 Å². The average Bonchev–Trinajstić information content (AvgIpc) is 3.25. The lowest BCUT2D eigenvalue weighted by molar-refractivity contribution is -0.0353. The monoisotopic (exact) mass is 427 g/mol. The Morgan fingerprint density at radius 3 is 2.58 bits per heavy atom. The van der Waals surface area contributed by atoms with Gasteiger partial charge in [0.25, 0.3) is 11.8 Å². The molecule has 1 aromatic carbocycles. The van der Waals surface area contributed by atoms with Gasteiger partial charge in [-0.1, -0.05) is 0 Å². The molecule has 0 unspecified atom stereocenters. The SMILES string of the molecule is COc1ccc(C(=O)N2CCO[C@H](CN3CCCN(C(=O)c4ccco4)CC3)C2)cc1. The van der Waals surface area contributed by atoms with Crippen LogP contribution in [0.3, 0.4) is 0 Å². The van der Waals surface area contributed by atoms with Crippen LogP contribution < -0.4 is 4.74 Å². The quantitative estimate of drug-likeness (QED) is 0.726. The van der Waals surface area contributed by atoms with E-state index in [-0.39, 0.29) is 17.9 Å². The molecule has 1 atom stereocenters. The molecular formula is C23H29N3O5. The van der Waals surface area contributed by atoms with E-state index in [1.54, 1.807) is 43.5 Å². The third-order valence-corrected chi connectivity index (χ3v) is 5.83. The van der Waals surface area contributed by atoms with Crippen molar-refractivity contribution >= 4 is 11.8 Å². The summed E-state index contributed by atoms with van der Waals surface area (Å²) < 4.78 is 16.4. The molecule has 3 heterocycles. The molecular weight excluding hydrogens is 398 g/mol. The van der Waals surface area contributed by atoms with Gasteiger partial charge in [0, 0.05) is 44.8 Å². The second-order valence-electron chi connectivity index (χ2n) is 7.90. The minimum atomic E-state index is -0.0583. The third kappa shape index (κ3) is 5.26. The first-order valence-corrected chi connectivity index (χ1v) is 10.7. The highest BCUT2D eigenvalue weighted by atomic mass is 16.5. The highest BCUT2D eigenvalue weighted by Crippen LogP contribution is 2.16. The Morgan fingerprint density at radius 1 is 1.00 bits per heavy atom. The van der Waals surface area contributed by atoms with Gasteiger partial charge in [0.2, 0.25) is 0 Å². The fourth-order valence-electron chi connectivity index (χ4n) is 4.13. The van der Waals surface area contributed by atoms with Gasteiger partial charge in [-0.2, -0.15) is 0 Å². The molecule has 0 saturated carbocycles. The molecule has 166 valence electrons. The maximum absolute atomic E-state index is 12.9. The number of amides is 2. The molecule has 8 nitrogen and oxygen atoms in total. The fraction of sp³-hybridized carbons (Fsp3) is 0.478. The highest BCUT2D eigenvalue weighted by Gasteiger charge is 2.28. The molecule has 0 aliphatic carbocycles. The smallest absolute Gasteiger partial charge is 0.289 e. The predicted molar refractivity (Wildman–Crippen MR) is 114 cm³/mol. The van der Waals surface area contributed by atoms with Gasteiger partial charge in [-0.05, 0) is 49.4 Å². The van der Waals surface area contributed by atoms with Crippen molar-refractivity contribution in [1.82, 2.24) is 14.7 Å². The zero-order valence-corrected chi connectivity index (χ0v) is 17.9. The molecule has 2 saturated heterocycles. The Bertz CT molecular complexity index is 868. The Hall–Kier alpha value is -2.84. The molecule has 2 aliphatic heterocycles.